The molecule has 0 saturated heterocycles. The van der Waals surface area contributed by atoms with Crippen molar-refractivity contribution in [2.75, 3.05) is 16.8 Å². The minimum absolute atomic E-state index is 0.0341. The van der Waals surface area contributed by atoms with Gasteiger partial charge in [0.05, 0.1) is 17.4 Å². The fourth-order valence-corrected chi connectivity index (χ4v) is 8.16. The number of allylic oxidation sites excluding steroid dienone is 2. The van der Waals surface area contributed by atoms with Crippen molar-refractivity contribution in [1.29, 1.82) is 0 Å². The molecule has 8 aromatic rings. The Labute approximate surface area is 324 Å². The summed E-state index contributed by atoms with van der Waals surface area (Å²) in [6.45, 7) is 4.65. The van der Waals surface area contributed by atoms with Crippen LogP contribution in [0.2, 0.25) is 0 Å². The van der Waals surface area contributed by atoms with Crippen molar-refractivity contribution in [2.24, 2.45) is 0 Å². The first kappa shape index (κ1) is 34.1. The van der Waals surface area contributed by atoms with Crippen molar-refractivity contribution in [2.45, 2.75) is 25.7 Å². The molecule has 0 aliphatic heterocycles. The summed E-state index contributed by atoms with van der Waals surface area (Å²) in [5.74, 6) is 0. The Morgan fingerprint density at radius 3 is 2.00 bits per heavy atom. The van der Waals surface area contributed by atoms with Crippen molar-refractivity contribution in [1.82, 2.24) is 4.98 Å². The summed E-state index contributed by atoms with van der Waals surface area (Å²) in [4.78, 5) is 9.49. The molecule has 0 N–H and O–H groups in total. The van der Waals surface area contributed by atoms with Crippen molar-refractivity contribution >= 4 is 50.5 Å². The van der Waals surface area contributed by atoms with E-state index in [1.54, 1.807) is 0 Å². The lowest BCUT2D eigenvalue weighted by Gasteiger charge is -2.26. The second-order valence-electron chi connectivity index (χ2n) is 14.9. The number of pyridine rings is 1. The standard InChI is InChI=1S/C34H26N2.C18H17N/c1-34(2)31-15-9-8-14-29(31)30-21-33-25(20-32(30)34)19-28(22-35-33)36(26-12-4-3-5-13-26)27-17-16-23-10-6-7-11-24(23)18-27;1-19(17-9-3-2-4-10-17)18-13-11-15-7-5-6-8-16(15)12-14-18/h3-22H,1-2H3;2-11,13-14H,12H2,1H3. The maximum Gasteiger partial charge on any atom is 0.0710 e. The zero-order valence-corrected chi connectivity index (χ0v) is 31.5. The predicted molar refractivity (Wildman–Crippen MR) is 234 cm³/mol. The highest BCUT2D eigenvalue weighted by molar-refractivity contribution is 5.95. The van der Waals surface area contributed by atoms with E-state index in [0.717, 1.165) is 34.4 Å². The molecule has 0 bridgehead atoms. The number of nitrogens with zero attached hydrogens (tertiary/aromatic N) is 3. The maximum absolute atomic E-state index is 4.97. The number of fused-ring (bicyclic) bond motifs is 6. The molecule has 55 heavy (non-hydrogen) atoms. The average Bonchev–Trinajstić information content (AvgIpc) is 3.34. The van der Waals surface area contributed by atoms with Crippen molar-refractivity contribution in [3.63, 3.8) is 0 Å². The normalized spacial score (nSPS) is 13.5. The highest BCUT2D eigenvalue weighted by atomic mass is 15.1. The predicted octanol–water partition coefficient (Wildman–Crippen LogP) is 13.4. The van der Waals surface area contributed by atoms with Crippen LogP contribution in [0.5, 0.6) is 0 Å². The van der Waals surface area contributed by atoms with Crippen LogP contribution in [-0.4, -0.2) is 12.0 Å². The number of aromatic nitrogens is 1. The van der Waals surface area contributed by atoms with Crippen LogP contribution in [0.1, 0.15) is 36.1 Å². The molecule has 10 rings (SSSR count). The maximum atomic E-state index is 4.97. The third-order valence-corrected chi connectivity index (χ3v) is 11.2. The van der Waals surface area contributed by atoms with Crippen LogP contribution in [0.3, 0.4) is 0 Å². The quantitative estimate of drug-likeness (QED) is 0.177. The van der Waals surface area contributed by atoms with Gasteiger partial charge in [0.1, 0.15) is 0 Å². The van der Waals surface area contributed by atoms with Crippen molar-refractivity contribution in [3.05, 3.63) is 216 Å². The van der Waals surface area contributed by atoms with Gasteiger partial charge in [0.15, 0.2) is 0 Å². The number of likely N-dealkylation sites (N-methyl/N-ethyl adjacent to an activating group) is 1. The van der Waals surface area contributed by atoms with Gasteiger partial charge < -0.3 is 9.80 Å². The number of anilines is 4. The Balaban J connectivity index is 0.000000176. The molecule has 3 nitrogen and oxygen atoms in total. The summed E-state index contributed by atoms with van der Waals surface area (Å²) in [7, 11) is 2.11. The number of hydrogen-bond acceptors (Lipinski definition) is 3. The van der Waals surface area contributed by atoms with Crippen LogP contribution < -0.4 is 9.80 Å². The number of para-hydroxylation sites is 2. The highest BCUT2D eigenvalue weighted by Gasteiger charge is 2.35. The van der Waals surface area contributed by atoms with Gasteiger partial charge in [-0.25, -0.2) is 0 Å². The number of rotatable bonds is 5. The molecule has 1 heterocycles. The third kappa shape index (κ3) is 6.49. The van der Waals surface area contributed by atoms with Gasteiger partial charge in [0, 0.05) is 40.6 Å². The van der Waals surface area contributed by atoms with Gasteiger partial charge >= 0.3 is 0 Å². The van der Waals surface area contributed by atoms with Crippen LogP contribution in [0.4, 0.5) is 22.7 Å². The van der Waals surface area contributed by atoms with Gasteiger partial charge in [-0.1, -0.05) is 141 Å². The van der Waals surface area contributed by atoms with Crippen LogP contribution >= 0.6 is 0 Å². The first-order valence-electron chi connectivity index (χ1n) is 19.1. The highest BCUT2D eigenvalue weighted by Crippen LogP contribution is 2.50. The number of hydrogen-bond donors (Lipinski definition) is 0. The molecule has 1 aromatic heterocycles. The summed E-state index contributed by atoms with van der Waals surface area (Å²) in [6.07, 6.45) is 9.67. The lowest BCUT2D eigenvalue weighted by Crippen LogP contribution is -2.15. The monoisotopic (exact) mass is 709 g/mol. The fraction of sp³-hybridized carbons (Fsp3) is 0.0962. The van der Waals surface area contributed by atoms with Crippen LogP contribution in [0.25, 0.3) is 38.9 Å². The van der Waals surface area contributed by atoms with Gasteiger partial charge in [0.25, 0.3) is 0 Å². The van der Waals surface area contributed by atoms with E-state index in [2.05, 4.69) is 213 Å². The zero-order valence-electron chi connectivity index (χ0n) is 31.5. The zero-order chi connectivity index (χ0) is 37.4. The van der Waals surface area contributed by atoms with Gasteiger partial charge in [-0.15, -0.1) is 0 Å². The molecule has 3 heteroatoms. The summed E-state index contributed by atoms with van der Waals surface area (Å²) in [5.41, 5.74) is 14.8. The van der Waals surface area contributed by atoms with Crippen molar-refractivity contribution < 1.29 is 0 Å². The van der Waals surface area contributed by atoms with E-state index in [9.17, 15) is 0 Å². The summed E-state index contributed by atoms with van der Waals surface area (Å²) < 4.78 is 0. The Kier molecular flexibility index (Phi) is 8.84. The first-order chi connectivity index (χ1) is 26.9. The van der Waals surface area contributed by atoms with E-state index in [0.29, 0.717) is 0 Å². The molecule has 0 amide bonds. The second-order valence-corrected chi connectivity index (χ2v) is 14.9. The molecule has 0 saturated carbocycles. The van der Waals surface area contributed by atoms with Gasteiger partial charge in [0.2, 0.25) is 0 Å². The van der Waals surface area contributed by atoms with E-state index in [-0.39, 0.29) is 5.41 Å². The Morgan fingerprint density at radius 2 is 1.18 bits per heavy atom. The molecule has 0 radical (unpaired) electrons. The van der Waals surface area contributed by atoms with E-state index >= 15 is 0 Å². The Hall–Kier alpha value is -6.71. The molecule has 0 spiro atoms. The van der Waals surface area contributed by atoms with E-state index < -0.39 is 0 Å². The molecule has 266 valence electrons. The minimum atomic E-state index is -0.0341. The molecule has 2 aliphatic rings. The third-order valence-electron chi connectivity index (χ3n) is 11.2. The topological polar surface area (TPSA) is 19.4 Å². The largest absolute Gasteiger partial charge is 0.345 e. The number of benzene rings is 7. The van der Waals surface area contributed by atoms with Crippen LogP contribution in [0, 0.1) is 0 Å². The summed E-state index contributed by atoms with van der Waals surface area (Å²) >= 11 is 0. The van der Waals surface area contributed by atoms with Crippen molar-refractivity contribution in [3.8, 4) is 11.1 Å². The molecular formula is C52H43N3. The molecule has 2 aliphatic carbocycles. The Bertz CT molecular complexity index is 2730. The smallest absolute Gasteiger partial charge is 0.0710 e. The van der Waals surface area contributed by atoms with Gasteiger partial charge in [-0.05, 0) is 111 Å². The molecule has 7 aromatic carbocycles. The fourth-order valence-electron chi connectivity index (χ4n) is 8.16. The van der Waals surface area contributed by atoms with E-state index in [1.165, 1.54) is 55.5 Å². The van der Waals surface area contributed by atoms with Gasteiger partial charge in [-0.3, -0.25) is 4.98 Å². The average molecular weight is 710 g/mol. The molecule has 0 atom stereocenters. The van der Waals surface area contributed by atoms with E-state index in [4.69, 9.17) is 4.98 Å². The molecule has 0 unspecified atom stereocenters. The lowest BCUT2D eigenvalue weighted by molar-refractivity contribution is 0.661. The SMILES string of the molecule is CC1(C)c2ccccc2-c2cc3ncc(N(c4ccccc4)c4ccc5ccccc5c4)cc3cc21.CN(C1=CCc2ccccc2C=C1)c1ccccc1. The van der Waals surface area contributed by atoms with E-state index in [1.807, 2.05) is 12.3 Å². The summed E-state index contributed by atoms with van der Waals surface area (Å²) in [5, 5.41) is 3.62. The van der Waals surface area contributed by atoms with Crippen LogP contribution in [0.15, 0.2) is 194 Å². The van der Waals surface area contributed by atoms with Crippen LogP contribution in [-0.2, 0) is 11.8 Å². The Morgan fingerprint density at radius 1 is 0.509 bits per heavy atom. The lowest BCUT2D eigenvalue weighted by atomic mass is 9.82. The molecule has 0 fully saturated rings. The minimum Gasteiger partial charge on any atom is -0.345 e. The first-order valence-corrected chi connectivity index (χ1v) is 19.1. The molecular weight excluding hydrogens is 667 g/mol. The summed E-state index contributed by atoms with van der Waals surface area (Å²) in [6, 6.07) is 60.4. The second kappa shape index (κ2) is 14.3. The van der Waals surface area contributed by atoms with Gasteiger partial charge in [-0.2, -0.15) is 0 Å².